The second-order valence-electron chi connectivity index (χ2n) is 16.9. The molecule has 0 spiro atoms. The molecule has 2 heterocycles. The number of carbonyl (C=O) groups is 4. The summed E-state index contributed by atoms with van der Waals surface area (Å²) in [5.74, 6) is -3.05. The van der Waals surface area contributed by atoms with Crippen molar-refractivity contribution >= 4 is 46.6 Å². The average molecular weight is 895 g/mol. The standard InChI is InChI=1S/C55H54N6O6/c62-52(48-31-17-33-60(48)36-38-19-5-1-6-20-38)58-44-29-15-13-27-42(44)50(40-23-9-3-10-24-40)56-46(54(64)65)35-47(55(66)67)57-51(41-25-11-4-12-26-41)43-28-14-16-30-45(43)59-53(63)49-32-18-34-61(49)37-39-21-7-2-8-22-39/h1-16,19-30,46-49H,17-18,31-37H2,(H,58,62)(H,59,63)(H,64,65)(H,66,67)/t46?,47?,48-,49-/m1/s1. The van der Waals surface area contributed by atoms with Crippen LogP contribution >= 0.6 is 0 Å². The first-order valence-corrected chi connectivity index (χ1v) is 22.8. The summed E-state index contributed by atoms with van der Waals surface area (Å²) in [4.78, 5) is 68.6. The maximum absolute atomic E-state index is 14.1. The van der Waals surface area contributed by atoms with Gasteiger partial charge in [-0.2, -0.15) is 0 Å². The summed E-state index contributed by atoms with van der Waals surface area (Å²) in [6.07, 6.45) is 2.62. The number of carboxylic acids is 2. The Morgan fingerprint density at radius 2 is 0.836 bits per heavy atom. The van der Waals surface area contributed by atoms with E-state index >= 15 is 0 Å². The van der Waals surface area contributed by atoms with Crippen LogP contribution in [0.25, 0.3) is 0 Å². The molecule has 340 valence electrons. The molecule has 12 nitrogen and oxygen atoms in total. The van der Waals surface area contributed by atoms with Gasteiger partial charge in [0.2, 0.25) is 11.8 Å². The lowest BCUT2D eigenvalue weighted by atomic mass is 9.98. The van der Waals surface area contributed by atoms with Crippen molar-refractivity contribution in [1.29, 1.82) is 0 Å². The van der Waals surface area contributed by atoms with Gasteiger partial charge in [-0.15, -0.1) is 0 Å². The molecule has 2 fully saturated rings. The fourth-order valence-corrected chi connectivity index (χ4v) is 9.02. The molecule has 4 atom stereocenters. The average Bonchev–Trinajstić information content (AvgIpc) is 4.03. The molecule has 0 bridgehead atoms. The van der Waals surface area contributed by atoms with Crippen molar-refractivity contribution in [2.75, 3.05) is 23.7 Å². The smallest absolute Gasteiger partial charge is 0.328 e. The number of hydrogen-bond acceptors (Lipinski definition) is 8. The van der Waals surface area contributed by atoms with E-state index in [1.165, 1.54) is 0 Å². The van der Waals surface area contributed by atoms with Crippen molar-refractivity contribution in [1.82, 2.24) is 9.80 Å². The second kappa shape index (κ2) is 22.1. The van der Waals surface area contributed by atoms with E-state index in [1.807, 2.05) is 97.1 Å². The van der Waals surface area contributed by atoms with Crippen LogP contribution in [0.15, 0.2) is 180 Å². The lowest BCUT2D eigenvalue weighted by molar-refractivity contribution is -0.140. The second-order valence-corrected chi connectivity index (χ2v) is 16.9. The highest BCUT2D eigenvalue weighted by Gasteiger charge is 2.34. The van der Waals surface area contributed by atoms with Crippen LogP contribution in [0.2, 0.25) is 0 Å². The molecule has 2 aliphatic rings. The van der Waals surface area contributed by atoms with E-state index < -0.39 is 30.4 Å². The van der Waals surface area contributed by atoms with E-state index in [2.05, 4.69) is 20.4 Å². The van der Waals surface area contributed by atoms with Gasteiger partial charge in [0.1, 0.15) is 0 Å². The highest BCUT2D eigenvalue weighted by Crippen LogP contribution is 2.28. The van der Waals surface area contributed by atoms with Crippen LogP contribution in [0.3, 0.4) is 0 Å². The molecule has 0 aliphatic carbocycles. The molecule has 2 unspecified atom stereocenters. The van der Waals surface area contributed by atoms with Gasteiger partial charge < -0.3 is 20.8 Å². The Morgan fingerprint density at radius 3 is 1.21 bits per heavy atom. The molecule has 0 saturated carbocycles. The zero-order valence-corrected chi connectivity index (χ0v) is 37.2. The zero-order chi connectivity index (χ0) is 46.5. The van der Waals surface area contributed by atoms with Gasteiger partial charge in [-0.05, 0) is 62.0 Å². The monoisotopic (exact) mass is 894 g/mol. The number of para-hydroxylation sites is 2. The molecular formula is C55H54N6O6. The topological polar surface area (TPSA) is 164 Å². The number of anilines is 2. The number of carbonyl (C=O) groups excluding carboxylic acids is 2. The number of nitrogens with one attached hydrogen (secondary N) is 2. The van der Waals surface area contributed by atoms with E-state index in [9.17, 15) is 29.4 Å². The van der Waals surface area contributed by atoms with Crippen LogP contribution < -0.4 is 10.6 Å². The summed E-state index contributed by atoms with van der Waals surface area (Å²) >= 11 is 0. The van der Waals surface area contributed by atoms with E-state index in [-0.39, 0.29) is 35.3 Å². The number of carboxylic acid groups (broad SMARTS) is 2. The Bertz CT molecular complexity index is 2530. The molecule has 2 saturated heterocycles. The Labute approximate surface area is 390 Å². The first kappa shape index (κ1) is 46.0. The van der Waals surface area contributed by atoms with Gasteiger partial charge in [-0.1, -0.05) is 158 Å². The van der Waals surface area contributed by atoms with Crippen LogP contribution in [-0.2, 0) is 32.3 Å². The third-order valence-electron chi connectivity index (χ3n) is 12.4. The van der Waals surface area contributed by atoms with Gasteiger partial charge in [0, 0.05) is 41.8 Å². The van der Waals surface area contributed by atoms with Gasteiger partial charge in [0.15, 0.2) is 12.1 Å². The van der Waals surface area contributed by atoms with E-state index in [1.54, 1.807) is 72.8 Å². The van der Waals surface area contributed by atoms with Crippen LogP contribution in [0.1, 0.15) is 65.5 Å². The van der Waals surface area contributed by atoms with E-state index in [4.69, 9.17) is 9.98 Å². The maximum atomic E-state index is 14.1. The maximum Gasteiger partial charge on any atom is 0.328 e. The number of hydrogen-bond donors (Lipinski definition) is 4. The van der Waals surface area contributed by atoms with Crippen LogP contribution in [0, 0.1) is 0 Å². The molecule has 4 N–H and O–H groups in total. The van der Waals surface area contributed by atoms with Crippen molar-refractivity contribution in [2.45, 2.75) is 69.4 Å². The van der Waals surface area contributed by atoms with Crippen LogP contribution in [0.5, 0.6) is 0 Å². The van der Waals surface area contributed by atoms with Crippen molar-refractivity contribution in [3.05, 3.63) is 203 Å². The fraction of sp³-hybridized carbons (Fsp3) is 0.236. The van der Waals surface area contributed by atoms with Crippen LogP contribution in [-0.4, -0.2) is 92.4 Å². The molecule has 8 rings (SSSR count). The van der Waals surface area contributed by atoms with Crippen molar-refractivity contribution in [3.8, 4) is 0 Å². The minimum atomic E-state index is -1.58. The SMILES string of the molecule is O=C(O)C(CC(N=C(c1ccccc1)c1ccccc1NC(=O)[C@H]1CCCN1Cc1ccccc1)C(=O)O)N=C(c1ccccc1)c1ccccc1NC(=O)[C@H]1CCCN1Cc1ccccc1. The van der Waals surface area contributed by atoms with Gasteiger partial charge in [0.25, 0.3) is 0 Å². The van der Waals surface area contributed by atoms with Crippen molar-refractivity contribution < 1.29 is 29.4 Å². The molecule has 2 aliphatic heterocycles. The normalized spacial score (nSPS) is 17.7. The molecule has 67 heavy (non-hydrogen) atoms. The lowest BCUT2D eigenvalue weighted by Gasteiger charge is -2.25. The quantitative estimate of drug-likeness (QED) is 0.0624. The summed E-state index contributed by atoms with van der Waals surface area (Å²) < 4.78 is 0. The zero-order valence-electron chi connectivity index (χ0n) is 37.2. The molecule has 6 aromatic carbocycles. The molecule has 6 aromatic rings. The number of amides is 2. The highest BCUT2D eigenvalue weighted by molar-refractivity contribution is 6.19. The molecule has 2 amide bonds. The Kier molecular flexibility index (Phi) is 15.2. The summed E-state index contributed by atoms with van der Waals surface area (Å²) in [6, 6.07) is 48.5. The first-order chi connectivity index (χ1) is 32.7. The predicted octanol–water partition coefficient (Wildman–Crippen LogP) is 8.56. The number of rotatable bonds is 18. The third kappa shape index (κ3) is 11.7. The van der Waals surface area contributed by atoms with Gasteiger partial charge in [0.05, 0.1) is 34.9 Å². The largest absolute Gasteiger partial charge is 0.480 e. The number of benzene rings is 6. The van der Waals surface area contributed by atoms with Crippen molar-refractivity contribution in [3.63, 3.8) is 0 Å². The summed E-state index contributed by atoms with van der Waals surface area (Å²) in [7, 11) is 0. The summed E-state index contributed by atoms with van der Waals surface area (Å²) in [5.41, 5.74) is 5.79. The highest BCUT2D eigenvalue weighted by atomic mass is 16.4. The summed E-state index contributed by atoms with van der Waals surface area (Å²) in [6.45, 7) is 2.82. The third-order valence-corrected chi connectivity index (χ3v) is 12.4. The fourth-order valence-electron chi connectivity index (χ4n) is 9.02. The summed E-state index contributed by atoms with van der Waals surface area (Å²) in [5, 5.41) is 27.9. The minimum Gasteiger partial charge on any atom is -0.480 e. The number of nitrogens with zero attached hydrogens (tertiary/aromatic N) is 4. The Hall–Kier alpha value is -7.54. The number of likely N-dealkylation sites (tertiary alicyclic amines) is 2. The molecule has 0 aromatic heterocycles. The predicted molar refractivity (Wildman–Crippen MR) is 262 cm³/mol. The molecule has 0 radical (unpaired) electrons. The Balaban J connectivity index is 1.10. The first-order valence-electron chi connectivity index (χ1n) is 22.8. The lowest BCUT2D eigenvalue weighted by Crippen LogP contribution is -2.39. The van der Waals surface area contributed by atoms with Gasteiger partial charge >= 0.3 is 11.9 Å². The number of aliphatic imine (C=N–C) groups is 2. The molecular weight excluding hydrogens is 841 g/mol. The van der Waals surface area contributed by atoms with Gasteiger partial charge in [-0.25, -0.2) is 9.59 Å². The Morgan fingerprint density at radius 1 is 0.493 bits per heavy atom. The van der Waals surface area contributed by atoms with E-state index in [0.29, 0.717) is 59.6 Å². The molecule has 12 heteroatoms. The number of aliphatic carboxylic acids is 2. The minimum absolute atomic E-state index is 0.180. The van der Waals surface area contributed by atoms with Crippen molar-refractivity contribution in [2.24, 2.45) is 9.98 Å². The van der Waals surface area contributed by atoms with Crippen LogP contribution in [0.4, 0.5) is 11.4 Å². The van der Waals surface area contributed by atoms with Gasteiger partial charge in [-0.3, -0.25) is 29.4 Å². The van der Waals surface area contributed by atoms with E-state index in [0.717, 1.165) is 37.1 Å².